The zero-order valence-corrected chi connectivity index (χ0v) is 16.3. The number of rotatable bonds is 7. The summed E-state index contributed by atoms with van der Waals surface area (Å²) in [5.41, 5.74) is 4.82. The smallest absolute Gasteiger partial charge is 0.270 e. The quantitative estimate of drug-likeness (QED) is 0.444. The summed E-state index contributed by atoms with van der Waals surface area (Å²) in [5, 5.41) is 7.34. The Bertz CT molecular complexity index is 1120. The van der Waals surface area contributed by atoms with Gasteiger partial charge in [0, 0.05) is 35.4 Å². The summed E-state index contributed by atoms with van der Waals surface area (Å²) < 4.78 is 0. The van der Waals surface area contributed by atoms with Crippen LogP contribution in [0.4, 0.5) is 11.5 Å². The van der Waals surface area contributed by atoms with Crippen molar-refractivity contribution in [1.82, 2.24) is 20.3 Å². The van der Waals surface area contributed by atoms with Crippen LogP contribution in [0.5, 0.6) is 0 Å². The molecule has 0 unspecified atom stereocenters. The molecule has 0 saturated carbocycles. The second-order valence-corrected chi connectivity index (χ2v) is 6.83. The molecule has 1 amide bonds. The third-order valence-electron chi connectivity index (χ3n) is 4.89. The molecule has 0 atom stereocenters. The van der Waals surface area contributed by atoms with Crippen LogP contribution in [-0.4, -0.2) is 27.4 Å². The van der Waals surface area contributed by atoms with Crippen LogP contribution in [0, 0.1) is 0 Å². The lowest BCUT2D eigenvalue weighted by molar-refractivity contribution is 0.0949. The van der Waals surface area contributed by atoms with E-state index >= 15 is 0 Å². The normalized spacial score (nSPS) is 10.8. The number of aromatic nitrogens is 3. The van der Waals surface area contributed by atoms with Crippen LogP contribution < -0.4 is 10.6 Å². The van der Waals surface area contributed by atoms with Gasteiger partial charge in [0.05, 0.1) is 0 Å². The molecule has 0 saturated heterocycles. The van der Waals surface area contributed by atoms with Gasteiger partial charge < -0.3 is 15.6 Å². The van der Waals surface area contributed by atoms with E-state index in [2.05, 4.69) is 50.7 Å². The number of carbonyl (C=O) groups excluding carboxylic acids is 1. The first kappa shape index (κ1) is 18.7. The van der Waals surface area contributed by atoms with Crippen molar-refractivity contribution in [3.63, 3.8) is 0 Å². The summed E-state index contributed by atoms with van der Waals surface area (Å²) in [6.45, 7) is 2.65. The van der Waals surface area contributed by atoms with Gasteiger partial charge in [0.2, 0.25) is 0 Å². The molecule has 2 heterocycles. The predicted octanol–water partition coefficient (Wildman–Crippen LogP) is 4.24. The third-order valence-corrected chi connectivity index (χ3v) is 4.89. The first-order valence-electron chi connectivity index (χ1n) is 9.74. The van der Waals surface area contributed by atoms with Gasteiger partial charge in [-0.05, 0) is 42.2 Å². The number of hydrogen-bond donors (Lipinski definition) is 3. The van der Waals surface area contributed by atoms with Crippen LogP contribution in [0.2, 0.25) is 0 Å². The zero-order chi connectivity index (χ0) is 20.1. The van der Waals surface area contributed by atoms with Gasteiger partial charge >= 0.3 is 0 Å². The molecule has 0 fully saturated rings. The van der Waals surface area contributed by atoms with E-state index in [1.807, 2.05) is 36.5 Å². The fourth-order valence-electron chi connectivity index (χ4n) is 3.26. The minimum Gasteiger partial charge on any atom is -0.361 e. The Morgan fingerprint density at radius 3 is 2.72 bits per heavy atom. The average Bonchev–Trinajstić information content (AvgIpc) is 3.18. The summed E-state index contributed by atoms with van der Waals surface area (Å²) in [4.78, 5) is 24.1. The number of amides is 1. The van der Waals surface area contributed by atoms with E-state index in [9.17, 15) is 4.79 Å². The average molecular weight is 385 g/mol. The highest BCUT2D eigenvalue weighted by Crippen LogP contribution is 2.18. The lowest BCUT2D eigenvalue weighted by Crippen LogP contribution is -2.26. The van der Waals surface area contributed by atoms with Gasteiger partial charge in [0.25, 0.3) is 5.91 Å². The standard InChI is InChI=1S/C23H23N5O/c1-2-16-7-9-18(10-8-16)28-22-13-21(26-15-27-22)23(29)24-12-11-17-14-25-20-6-4-3-5-19(17)20/h3-10,13-15,25H,2,11-12H2,1H3,(H,24,29)(H,26,27,28). The van der Waals surface area contributed by atoms with Gasteiger partial charge in [-0.25, -0.2) is 9.97 Å². The van der Waals surface area contributed by atoms with Crippen molar-refractivity contribution < 1.29 is 4.79 Å². The second kappa shape index (κ2) is 8.56. The Kier molecular flexibility index (Phi) is 5.52. The van der Waals surface area contributed by atoms with E-state index in [0.717, 1.165) is 24.0 Å². The number of anilines is 2. The summed E-state index contributed by atoms with van der Waals surface area (Å²) >= 11 is 0. The minimum absolute atomic E-state index is 0.211. The first-order chi connectivity index (χ1) is 14.2. The summed E-state index contributed by atoms with van der Waals surface area (Å²) in [6.07, 6.45) is 5.14. The van der Waals surface area contributed by atoms with Crippen molar-refractivity contribution in [2.45, 2.75) is 19.8 Å². The van der Waals surface area contributed by atoms with E-state index < -0.39 is 0 Å². The van der Waals surface area contributed by atoms with E-state index in [1.54, 1.807) is 6.07 Å². The first-order valence-corrected chi connectivity index (χ1v) is 9.74. The fourth-order valence-corrected chi connectivity index (χ4v) is 3.26. The molecular formula is C23H23N5O. The molecule has 6 nitrogen and oxygen atoms in total. The molecule has 4 rings (SSSR count). The van der Waals surface area contributed by atoms with E-state index in [1.165, 1.54) is 22.8 Å². The summed E-state index contributed by atoms with van der Waals surface area (Å²) in [7, 11) is 0. The van der Waals surface area contributed by atoms with Gasteiger partial charge in [-0.2, -0.15) is 0 Å². The molecule has 0 aliphatic heterocycles. The molecule has 0 bridgehead atoms. The Hall–Kier alpha value is -3.67. The SMILES string of the molecule is CCc1ccc(Nc2cc(C(=O)NCCc3c[nH]c4ccccc34)ncn2)cc1. The van der Waals surface area contributed by atoms with Crippen molar-refractivity contribution >= 4 is 28.3 Å². The van der Waals surface area contributed by atoms with Gasteiger partial charge in [-0.1, -0.05) is 37.3 Å². The van der Waals surface area contributed by atoms with Crippen LogP contribution in [-0.2, 0) is 12.8 Å². The van der Waals surface area contributed by atoms with E-state index in [0.29, 0.717) is 18.1 Å². The number of aryl methyl sites for hydroxylation is 1. The van der Waals surface area contributed by atoms with Gasteiger partial charge in [-0.3, -0.25) is 4.79 Å². The number of nitrogens with one attached hydrogen (secondary N) is 3. The number of benzene rings is 2. The van der Waals surface area contributed by atoms with Crippen LogP contribution >= 0.6 is 0 Å². The monoisotopic (exact) mass is 385 g/mol. The van der Waals surface area contributed by atoms with Gasteiger partial charge in [-0.15, -0.1) is 0 Å². The number of hydrogen-bond acceptors (Lipinski definition) is 4. The maximum absolute atomic E-state index is 12.5. The van der Waals surface area contributed by atoms with Crippen LogP contribution in [0.3, 0.4) is 0 Å². The highest BCUT2D eigenvalue weighted by atomic mass is 16.1. The highest BCUT2D eigenvalue weighted by molar-refractivity contribution is 5.93. The number of nitrogens with zero attached hydrogens (tertiary/aromatic N) is 2. The molecule has 0 spiro atoms. The van der Waals surface area contributed by atoms with E-state index in [4.69, 9.17) is 0 Å². The van der Waals surface area contributed by atoms with Gasteiger partial charge in [0.1, 0.15) is 17.8 Å². The molecule has 146 valence electrons. The lowest BCUT2D eigenvalue weighted by Gasteiger charge is -2.08. The number of H-pyrrole nitrogens is 1. The van der Waals surface area contributed by atoms with Crippen molar-refractivity contribution in [3.05, 3.63) is 83.9 Å². The lowest BCUT2D eigenvalue weighted by atomic mass is 10.1. The summed E-state index contributed by atoms with van der Waals surface area (Å²) in [5.74, 6) is 0.377. The van der Waals surface area contributed by atoms with Crippen molar-refractivity contribution in [2.24, 2.45) is 0 Å². The largest absolute Gasteiger partial charge is 0.361 e. The number of fused-ring (bicyclic) bond motifs is 1. The molecular weight excluding hydrogens is 362 g/mol. The topological polar surface area (TPSA) is 82.7 Å². The maximum atomic E-state index is 12.5. The molecule has 29 heavy (non-hydrogen) atoms. The fraction of sp³-hybridized carbons (Fsp3) is 0.174. The molecule has 2 aromatic carbocycles. The summed E-state index contributed by atoms with van der Waals surface area (Å²) in [6, 6.07) is 18.0. The molecule has 0 aliphatic rings. The number of para-hydroxylation sites is 1. The Morgan fingerprint density at radius 2 is 1.90 bits per heavy atom. The van der Waals surface area contributed by atoms with E-state index in [-0.39, 0.29) is 5.91 Å². The molecule has 0 aliphatic carbocycles. The number of carbonyl (C=O) groups is 1. The molecule has 3 N–H and O–H groups in total. The Balaban J connectivity index is 1.36. The molecule has 0 radical (unpaired) electrons. The highest BCUT2D eigenvalue weighted by Gasteiger charge is 2.09. The number of aromatic amines is 1. The van der Waals surface area contributed by atoms with Gasteiger partial charge in [0.15, 0.2) is 0 Å². The van der Waals surface area contributed by atoms with Crippen LogP contribution in [0.15, 0.2) is 67.1 Å². The Labute approximate surface area is 169 Å². The van der Waals surface area contributed by atoms with Crippen molar-refractivity contribution in [3.8, 4) is 0 Å². The van der Waals surface area contributed by atoms with Crippen molar-refractivity contribution in [1.29, 1.82) is 0 Å². The molecule has 4 aromatic rings. The van der Waals surface area contributed by atoms with Crippen LogP contribution in [0.1, 0.15) is 28.5 Å². The minimum atomic E-state index is -0.211. The molecule has 2 aromatic heterocycles. The van der Waals surface area contributed by atoms with Crippen LogP contribution in [0.25, 0.3) is 10.9 Å². The predicted molar refractivity (Wildman–Crippen MR) is 115 cm³/mol. The zero-order valence-electron chi connectivity index (χ0n) is 16.3. The maximum Gasteiger partial charge on any atom is 0.270 e. The van der Waals surface area contributed by atoms with Crippen molar-refractivity contribution in [2.75, 3.05) is 11.9 Å². The molecule has 6 heteroatoms. The second-order valence-electron chi connectivity index (χ2n) is 6.83. The third kappa shape index (κ3) is 4.43. The Morgan fingerprint density at radius 1 is 1.07 bits per heavy atom.